The van der Waals surface area contributed by atoms with Gasteiger partial charge in [0.2, 0.25) is 0 Å². The number of nitrogens with zero attached hydrogens (tertiary/aromatic N) is 2. The Bertz CT molecular complexity index is 736. The van der Waals surface area contributed by atoms with Crippen LogP contribution in [0.1, 0.15) is 71.4 Å². The van der Waals surface area contributed by atoms with Gasteiger partial charge in [0, 0.05) is 18.7 Å². The summed E-state index contributed by atoms with van der Waals surface area (Å²) in [6, 6.07) is 9.00. The highest BCUT2D eigenvalue weighted by molar-refractivity contribution is 5.94. The van der Waals surface area contributed by atoms with Crippen LogP contribution in [0.15, 0.2) is 57.7 Å². The van der Waals surface area contributed by atoms with Gasteiger partial charge in [-0.3, -0.25) is 4.99 Å². The Morgan fingerprint density at radius 1 is 1.07 bits per heavy atom. The van der Waals surface area contributed by atoms with E-state index < -0.39 is 0 Å². The van der Waals surface area contributed by atoms with Gasteiger partial charge in [-0.25, -0.2) is 4.99 Å². The van der Waals surface area contributed by atoms with Crippen molar-refractivity contribution in [2.45, 2.75) is 66.7 Å². The van der Waals surface area contributed by atoms with Gasteiger partial charge in [0.1, 0.15) is 5.84 Å². The normalized spacial score (nSPS) is 14.7. The van der Waals surface area contributed by atoms with Crippen LogP contribution < -0.4 is 11.1 Å². The van der Waals surface area contributed by atoms with E-state index in [1.54, 1.807) is 7.05 Å². The largest absolute Gasteiger partial charge is 0.369 e. The second-order valence-corrected chi connectivity index (χ2v) is 8.02. The zero-order chi connectivity index (χ0) is 21.3. The molecule has 0 aromatic heterocycles. The van der Waals surface area contributed by atoms with E-state index in [0.717, 1.165) is 25.0 Å². The number of guanidine groups is 1. The summed E-state index contributed by atoms with van der Waals surface area (Å²) in [5.74, 6) is 2.05. The molecule has 3 N–H and O–H groups in total. The molecule has 1 aromatic carbocycles. The van der Waals surface area contributed by atoms with E-state index in [2.05, 4.69) is 73.8 Å². The Labute approximate surface area is 171 Å². The molecule has 0 spiro atoms. The fourth-order valence-electron chi connectivity index (χ4n) is 2.95. The van der Waals surface area contributed by atoms with Crippen molar-refractivity contribution in [1.82, 2.24) is 5.32 Å². The maximum atomic E-state index is 5.92. The molecule has 0 aliphatic heterocycles. The summed E-state index contributed by atoms with van der Waals surface area (Å²) in [5.41, 5.74) is 12.2. The van der Waals surface area contributed by atoms with Gasteiger partial charge in [0.25, 0.3) is 0 Å². The molecule has 0 saturated carbocycles. The summed E-state index contributed by atoms with van der Waals surface area (Å²) >= 11 is 0. The van der Waals surface area contributed by atoms with E-state index in [9.17, 15) is 0 Å². The molecule has 0 heterocycles. The fourth-order valence-corrected chi connectivity index (χ4v) is 2.95. The third-order valence-corrected chi connectivity index (χ3v) is 5.12. The second kappa shape index (κ2) is 11.5. The van der Waals surface area contributed by atoms with Crippen LogP contribution in [0.25, 0.3) is 0 Å². The summed E-state index contributed by atoms with van der Waals surface area (Å²) in [6.45, 7) is 17.0. The smallest absolute Gasteiger partial charge is 0.199 e. The number of hydrogen-bond donors (Lipinski definition) is 2. The maximum Gasteiger partial charge on any atom is 0.199 e. The summed E-state index contributed by atoms with van der Waals surface area (Å²) < 4.78 is 0. The quantitative estimate of drug-likeness (QED) is 0.351. The molecule has 154 valence electrons. The minimum atomic E-state index is 0.351. The molecule has 0 fully saturated rings. The van der Waals surface area contributed by atoms with Gasteiger partial charge in [0.05, 0.1) is 0 Å². The molecule has 28 heavy (non-hydrogen) atoms. The molecule has 1 aromatic rings. The van der Waals surface area contributed by atoms with Crippen molar-refractivity contribution in [2.75, 3.05) is 7.05 Å². The molecule has 0 aliphatic carbocycles. The van der Waals surface area contributed by atoms with Gasteiger partial charge < -0.3 is 11.1 Å². The third-order valence-electron chi connectivity index (χ3n) is 5.12. The van der Waals surface area contributed by atoms with Gasteiger partial charge >= 0.3 is 0 Å². The first kappa shape index (κ1) is 23.7. The Morgan fingerprint density at radius 3 is 2.21 bits per heavy atom. The van der Waals surface area contributed by atoms with Crippen LogP contribution >= 0.6 is 0 Å². The van der Waals surface area contributed by atoms with Crippen molar-refractivity contribution in [3.8, 4) is 0 Å². The standard InChI is InChI=1S/C24H38N4/c1-16(2)15-22-11-13-23(14-12-22)19(5)17(3)9-10-18(4)20(6)27-24(25)28-21(7)26-8/h11-14,16,19H,3,9-10,15H2,1-2,4-8H3,(H3,25,26,27,28)/b20-18+. The lowest BCUT2D eigenvalue weighted by atomic mass is 9.89. The fraction of sp³-hybridized carbons (Fsp3) is 0.500. The van der Waals surface area contributed by atoms with Crippen LogP contribution in [0.2, 0.25) is 0 Å². The SMILES string of the molecule is C=C(CC/C(C)=C(\C)NC(N)=NC(C)=NC)C(C)c1ccc(CC(C)C)cc1. The number of hydrogen-bond acceptors (Lipinski definition) is 1. The van der Waals surface area contributed by atoms with Gasteiger partial charge in [-0.1, -0.05) is 62.8 Å². The van der Waals surface area contributed by atoms with Crippen LogP contribution in [-0.4, -0.2) is 18.8 Å². The summed E-state index contributed by atoms with van der Waals surface area (Å²) in [6.07, 6.45) is 3.02. The van der Waals surface area contributed by atoms with Crippen molar-refractivity contribution in [3.05, 3.63) is 58.8 Å². The van der Waals surface area contributed by atoms with Crippen LogP contribution in [0.5, 0.6) is 0 Å². The number of nitrogens with two attached hydrogens (primary N) is 1. The highest BCUT2D eigenvalue weighted by Crippen LogP contribution is 2.27. The zero-order valence-electron chi connectivity index (χ0n) is 18.8. The van der Waals surface area contributed by atoms with Crippen molar-refractivity contribution >= 4 is 11.8 Å². The molecule has 0 aliphatic rings. The van der Waals surface area contributed by atoms with Crippen LogP contribution in [0.4, 0.5) is 0 Å². The molecule has 1 unspecified atom stereocenters. The van der Waals surface area contributed by atoms with E-state index in [0.29, 0.717) is 23.6 Å². The minimum absolute atomic E-state index is 0.351. The lowest BCUT2D eigenvalue weighted by Gasteiger charge is -2.17. The van der Waals surface area contributed by atoms with Crippen LogP contribution in [-0.2, 0) is 6.42 Å². The van der Waals surface area contributed by atoms with Crippen molar-refractivity contribution in [2.24, 2.45) is 21.6 Å². The molecule has 0 saturated heterocycles. The highest BCUT2D eigenvalue weighted by atomic mass is 15.1. The Morgan fingerprint density at radius 2 is 1.68 bits per heavy atom. The van der Waals surface area contributed by atoms with Gasteiger partial charge in [-0.15, -0.1) is 0 Å². The average molecular weight is 383 g/mol. The van der Waals surface area contributed by atoms with Crippen LogP contribution in [0.3, 0.4) is 0 Å². The summed E-state index contributed by atoms with van der Waals surface area (Å²) in [4.78, 5) is 8.18. The molecule has 0 bridgehead atoms. The average Bonchev–Trinajstić information content (AvgIpc) is 2.64. The molecule has 0 amide bonds. The predicted molar refractivity (Wildman–Crippen MR) is 124 cm³/mol. The minimum Gasteiger partial charge on any atom is -0.369 e. The van der Waals surface area contributed by atoms with E-state index in [1.807, 2.05) is 13.8 Å². The number of nitrogens with one attached hydrogen (secondary N) is 1. The predicted octanol–water partition coefficient (Wildman–Crippen LogP) is 5.57. The third kappa shape index (κ3) is 8.12. The second-order valence-electron chi connectivity index (χ2n) is 8.02. The lowest BCUT2D eigenvalue weighted by molar-refractivity contribution is 0.647. The number of allylic oxidation sites excluding steroid dienone is 3. The highest BCUT2D eigenvalue weighted by Gasteiger charge is 2.11. The number of benzene rings is 1. The first-order chi connectivity index (χ1) is 13.1. The molecule has 0 radical (unpaired) electrons. The van der Waals surface area contributed by atoms with Gasteiger partial charge in [-0.05, 0) is 57.1 Å². The van der Waals surface area contributed by atoms with E-state index in [-0.39, 0.29) is 0 Å². The molecule has 1 atom stereocenters. The van der Waals surface area contributed by atoms with E-state index in [1.165, 1.54) is 22.3 Å². The molecule has 1 rings (SSSR count). The number of rotatable bonds is 8. The Kier molecular flexibility index (Phi) is 9.70. The molecule has 4 nitrogen and oxygen atoms in total. The molecular weight excluding hydrogens is 344 g/mol. The first-order valence-electron chi connectivity index (χ1n) is 10.1. The number of amidine groups is 1. The van der Waals surface area contributed by atoms with E-state index in [4.69, 9.17) is 5.73 Å². The Hall–Kier alpha value is -2.36. The summed E-state index contributed by atoms with van der Waals surface area (Å²) in [7, 11) is 1.70. The molecular formula is C24H38N4. The number of aliphatic imine (C=N–C) groups is 2. The van der Waals surface area contributed by atoms with Crippen molar-refractivity contribution < 1.29 is 0 Å². The topological polar surface area (TPSA) is 62.8 Å². The Balaban J connectivity index is 2.65. The zero-order valence-corrected chi connectivity index (χ0v) is 18.8. The summed E-state index contributed by atoms with van der Waals surface area (Å²) in [5, 5.41) is 3.15. The van der Waals surface area contributed by atoms with Gasteiger partial charge in [0.15, 0.2) is 5.96 Å². The van der Waals surface area contributed by atoms with E-state index >= 15 is 0 Å². The monoisotopic (exact) mass is 382 g/mol. The van der Waals surface area contributed by atoms with Crippen molar-refractivity contribution in [3.63, 3.8) is 0 Å². The lowest BCUT2D eigenvalue weighted by Crippen LogP contribution is -2.31. The van der Waals surface area contributed by atoms with Crippen molar-refractivity contribution in [1.29, 1.82) is 0 Å². The van der Waals surface area contributed by atoms with Gasteiger partial charge in [-0.2, -0.15) is 0 Å². The first-order valence-corrected chi connectivity index (χ1v) is 10.1. The molecule has 4 heteroatoms. The van der Waals surface area contributed by atoms with Crippen LogP contribution in [0, 0.1) is 5.92 Å². The maximum absolute atomic E-state index is 5.92.